The molecule has 6 heteroatoms. The lowest BCUT2D eigenvalue weighted by molar-refractivity contribution is 0.414. The third kappa shape index (κ3) is 2.96. The highest BCUT2D eigenvalue weighted by molar-refractivity contribution is 5.72. The average molecular weight is 307 g/mol. The Hall–Kier alpha value is -3.02. The molecular weight excluding hydrogens is 290 g/mol. The number of anilines is 1. The zero-order chi connectivity index (χ0) is 16.4. The van der Waals surface area contributed by atoms with Gasteiger partial charge in [-0.05, 0) is 37.1 Å². The van der Waals surface area contributed by atoms with E-state index in [2.05, 4.69) is 19.9 Å². The highest BCUT2D eigenvalue weighted by Gasteiger charge is 2.13. The molecule has 6 nitrogen and oxygen atoms in total. The number of nitrogens with zero attached hydrogens (tertiary/aromatic N) is 4. The van der Waals surface area contributed by atoms with E-state index in [1.165, 1.54) is 0 Å². The number of methoxy groups -OCH3 is 1. The van der Waals surface area contributed by atoms with Crippen molar-refractivity contribution in [3.05, 3.63) is 47.9 Å². The largest absolute Gasteiger partial charge is 0.497 e. The molecule has 0 bridgehead atoms. The number of hydrogen-bond donors (Lipinski definition) is 1. The lowest BCUT2D eigenvalue weighted by Crippen LogP contribution is -2.01. The van der Waals surface area contributed by atoms with E-state index in [1.807, 2.05) is 26.0 Å². The molecule has 23 heavy (non-hydrogen) atoms. The highest BCUT2D eigenvalue weighted by Crippen LogP contribution is 2.31. The first-order chi connectivity index (χ1) is 11.1. The number of rotatable bonds is 3. The summed E-state index contributed by atoms with van der Waals surface area (Å²) >= 11 is 0. The first-order valence-electron chi connectivity index (χ1n) is 7.15. The van der Waals surface area contributed by atoms with Crippen LogP contribution in [0, 0.1) is 13.8 Å². The second kappa shape index (κ2) is 6.00. The van der Waals surface area contributed by atoms with Crippen LogP contribution in [0.1, 0.15) is 11.1 Å². The van der Waals surface area contributed by atoms with E-state index in [1.54, 1.807) is 31.8 Å². The summed E-state index contributed by atoms with van der Waals surface area (Å²) in [4.78, 5) is 17.2. The van der Waals surface area contributed by atoms with Crippen LogP contribution in [0.4, 0.5) is 5.82 Å². The van der Waals surface area contributed by atoms with E-state index < -0.39 is 0 Å². The van der Waals surface area contributed by atoms with Crippen molar-refractivity contribution in [2.24, 2.45) is 0 Å². The molecule has 0 spiro atoms. The number of benzene rings is 1. The Morgan fingerprint density at radius 3 is 2.30 bits per heavy atom. The Labute approximate surface area is 134 Å². The van der Waals surface area contributed by atoms with Gasteiger partial charge in [-0.2, -0.15) is 0 Å². The van der Waals surface area contributed by atoms with Gasteiger partial charge in [0.05, 0.1) is 19.0 Å². The predicted octanol–water partition coefficient (Wildman–Crippen LogP) is 2.81. The number of aromatic nitrogens is 4. The van der Waals surface area contributed by atoms with Gasteiger partial charge in [-0.3, -0.25) is 4.98 Å². The molecule has 0 fully saturated rings. The summed E-state index contributed by atoms with van der Waals surface area (Å²) in [5.41, 5.74) is 10.5. The van der Waals surface area contributed by atoms with E-state index in [9.17, 15) is 0 Å². The fourth-order valence-electron chi connectivity index (χ4n) is 2.57. The van der Waals surface area contributed by atoms with E-state index in [-0.39, 0.29) is 0 Å². The Kier molecular flexibility index (Phi) is 3.89. The van der Waals surface area contributed by atoms with Crippen molar-refractivity contribution in [2.45, 2.75) is 13.8 Å². The number of aryl methyl sites for hydroxylation is 2. The Balaban J connectivity index is 2.17. The first-order valence-corrected chi connectivity index (χ1v) is 7.15. The summed E-state index contributed by atoms with van der Waals surface area (Å²) in [6, 6.07) is 5.72. The maximum absolute atomic E-state index is 5.97. The predicted molar refractivity (Wildman–Crippen MR) is 88.9 cm³/mol. The molecule has 0 aliphatic heterocycles. The third-order valence-electron chi connectivity index (χ3n) is 3.54. The maximum Gasteiger partial charge on any atom is 0.182 e. The van der Waals surface area contributed by atoms with Crippen molar-refractivity contribution in [1.82, 2.24) is 19.9 Å². The molecule has 0 atom stereocenters. The van der Waals surface area contributed by atoms with Crippen LogP contribution in [0.2, 0.25) is 0 Å². The minimum absolute atomic E-state index is 0.394. The molecular formula is C17H17N5O. The number of ether oxygens (including phenoxy) is 1. The number of nitrogen functional groups attached to an aromatic ring is 1. The average Bonchev–Trinajstić information content (AvgIpc) is 2.54. The molecule has 0 aliphatic carbocycles. The summed E-state index contributed by atoms with van der Waals surface area (Å²) in [7, 11) is 1.66. The second-order valence-corrected chi connectivity index (χ2v) is 5.23. The topological polar surface area (TPSA) is 86.8 Å². The molecule has 2 N–H and O–H groups in total. The fourth-order valence-corrected chi connectivity index (χ4v) is 2.57. The van der Waals surface area contributed by atoms with Crippen LogP contribution in [0.25, 0.3) is 22.8 Å². The summed E-state index contributed by atoms with van der Waals surface area (Å²) in [5, 5.41) is 0. The summed E-state index contributed by atoms with van der Waals surface area (Å²) in [6.45, 7) is 4.04. The minimum atomic E-state index is 0.394. The van der Waals surface area contributed by atoms with Crippen molar-refractivity contribution in [3.8, 4) is 28.5 Å². The van der Waals surface area contributed by atoms with Gasteiger partial charge < -0.3 is 10.5 Å². The Morgan fingerprint density at radius 1 is 0.957 bits per heavy atom. The van der Waals surface area contributed by atoms with E-state index in [0.717, 1.165) is 28.1 Å². The van der Waals surface area contributed by atoms with Crippen LogP contribution < -0.4 is 10.5 Å². The van der Waals surface area contributed by atoms with Gasteiger partial charge in [-0.1, -0.05) is 0 Å². The zero-order valence-corrected chi connectivity index (χ0v) is 13.2. The quantitative estimate of drug-likeness (QED) is 0.800. The molecule has 0 radical (unpaired) electrons. The van der Waals surface area contributed by atoms with E-state index in [4.69, 9.17) is 10.5 Å². The van der Waals surface area contributed by atoms with Gasteiger partial charge in [0.1, 0.15) is 17.3 Å². The molecule has 116 valence electrons. The first kappa shape index (κ1) is 14.9. The van der Waals surface area contributed by atoms with Gasteiger partial charge in [0.15, 0.2) is 5.82 Å². The van der Waals surface area contributed by atoms with Gasteiger partial charge in [0.2, 0.25) is 0 Å². The van der Waals surface area contributed by atoms with Crippen LogP contribution in [-0.2, 0) is 0 Å². The fraction of sp³-hybridized carbons (Fsp3) is 0.176. The van der Waals surface area contributed by atoms with Crippen molar-refractivity contribution in [1.29, 1.82) is 0 Å². The normalized spacial score (nSPS) is 10.6. The molecule has 3 aromatic rings. The maximum atomic E-state index is 5.97. The van der Waals surface area contributed by atoms with Gasteiger partial charge in [-0.15, -0.1) is 0 Å². The van der Waals surface area contributed by atoms with Crippen LogP contribution >= 0.6 is 0 Å². The summed E-state index contributed by atoms with van der Waals surface area (Å²) < 4.78 is 5.31. The van der Waals surface area contributed by atoms with E-state index >= 15 is 0 Å². The number of hydrogen-bond acceptors (Lipinski definition) is 6. The summed E-state index contributed by atoms with van der Waals surface area (Å²) in [5.74, 6) is 1.67. The van der Waals surface area contributed by atoms with Crippen molar-refractivity contribution < 1.29 is 4.74 Å². The van der Waals surface area contributed by atoms with Crippen molar-refractivity contribution in [3.63, 3.8) is 0 Å². The highest BCUT2D eigenvalue weighted by atomic mass is 16.5. The molecule has 0 unspecified atom stereocenters. The zero-order valence-electron chi connectivity index (χ0n) is 13.2. The molecule has 0 saturated carbocycles. The monoisotopic (exact) mass is 307 g/mol. The lowest BCUT2D eigenvalue weighted by atomic mass is 9.99. The third-order valence-corrected chi connectivity index (χ3v) is 3.54. The van der Waals surface area contributed by atoms with Crippen molar-refractivity contribution >= 4 is 5.82 Å². The van der Waals surface area contributed by atoms with Gasteiger partial charge >= 0.3 is 0 Å². The van der Waals surface area contributed by atoms with E-state index in [0.29, 0.717) is 17.3 Å². The molecule has 2 aromatic heterocycles. The SMILES string of the molecule is COc1cc(C)c(-c2cc(N)nc(-c3cnccn3)n2)c(C)c1. The standard InChI is InChI=1S/C17H17N5O/c1-10-6-12(23-3)7-11(2)16(10)13-8-15(18)22-17(21-13)14-9-19-4-5-20-14/h4-9H,1-3H3,(H2,18,21,22). The van der Waals surface area contributed by atoms with Crippen LogP contribution in [0.3, 0.4) is 0 Å². The Morgan fingerprint density at radius 2 is 1.70 bits per heavy atom. The van der Waals surface area contributed by atoms with Crippen molar-refractivity contribution in [2.75, 3.05) is 12.8 Å². The number of nitrogens with two attached hydrogens (primary N) is 1. The molecule has 3 rings (SSSR count). The van der Waals surface area contributed by atoms with Crippen LogP contribution in [0.5, 0.6) is 5.75 Å². The Bertz CT molecular complexity index is 826. The molecule has 1 aromatic carbocycles. The summed E-state index contributed by atoms with van der Waals surface area (Å²) in [6.07, 6.45) is 4.83. The minimum Gasteiger partial charge on any atom is -0.497 e. The molecule has 0 amide bonds. The molecule has 2 heterocycles. The van der Waals surface area contributed by atoms with Crippen LogP contribution in [-0.4, -0.2) is 27.0 Å². The lowest BCUT2D eigenvalue weighted by Gasteiger charge is -2.13. The van der Waals surface area contributed by atoms with Gasteiger partial charge in [-0.25, -0.2) is 15.0 Å². The molecule has 0 saturated heterocycles. The smallest absolute Gasteiger partial charge is 0.182 e. The second-order valence-electron chi connectivity index (χ2n) is 5.23. The van der Waals surface area contributed by atoms with Crippen LogP contribution in [0.15, 0.2) is 36.8 Å². The van der Waals surface area contributed by atoms with Gasteiger partial charge in [0.25, 0.3) is 0 Å². The molecule has 0 aliphatic rings. The van der Waals surface area contributed by atoms with Gasteiger partial charge in [0, 0.05) is 24.0 Å².